The summed E-state index contributed by atoms with van der Waals surface area (Å²) in [6.45, 7) is 6.30. The highest BCUT2D eigenvalue weighted by Gasteiger charge is 2.18. The average Bonchev–Trinajstić information content (AvgIpc) is 2.78. The zero-order valence-corrected chi connectivity index (χ0v) is 12.1. The Morgan fingerprint density at radius 2 is 2.15 bits per heavy atom. The normalized spacial score (nSPS) is 13.6. The third-order valence-corrected chi connectivity index (χ3v) is 3.31. The van der Waals surface area contributed by atoms with Crippen LogP contribution in [-0.4, -0.2) is 21.0 Å². The molecule has 0 saturated carbocycles. The Morgan fingerprint density at radius 1 is 1.45 bits per heavy atom. The molecule has 0 spiro atoms. The molecule has 5 nitrogen and oxygen atoms in total. The molecule has 5 heteroatoms. The van der Waals surface area contributed by atoms with Crippen LogP contribution < -0.4 is 5.73 Å². The molecule has 0 amide bonds. The first-order valence-corrected chi connectivity index (χ1v) is 6.75. The van der Waals surface area contributed by atoms with Gasteiger partial charge in [0.2, 0.25) is 0 Å². The second-order valence-corrected chi connectivity index (χ2v) is 6.15. The van der Waals surface area contributed by atoms with Gasteiger partial charge in [0, 0.05) is 17.9 Å². The first-order valence-electron chi connectivity index (χ1n) is 6.75. The number of hydrogen-bond donors (Lipinski definition) is 3. The van der Waals surface area contributed by atoms with E-state index in [2.05, 4.69) is 30.7 Å². The van der Waals surface area contributed by atoms with Crippen LogP contribution in [-0.2, 0) is 10.2 Å². The number of nitrogens with two attached hydrogens (primary N) is 1. The van der Waals surface area contributed by atoms with Crippen molar-refractivity contribution in [2.45, 2.75) is 45.1 Å². The predicted octanol–water partition coefficient (Wildman–Crippen LogP) is 2.72. The van der Waals surface area contributed by atoms with Gasteiger partial charge in [-0.05, 0) is 24.1 Å². The fourth-order valence-corrected chi connectivity index (χ4v) is 2.06. The highest BCUT2D eigenvalue weighted by Crippen LogP contribution is 2.25. The maximum atomic E-state index is 10.6. The molecule has 0 aliphatic rings. The maximum Gasteiger partial charge on any atom is 0.303 e. The van der Waals surface area contributed by atoms with E-state index in [1.165, 1.54) is 0 Å². The first kappa shape index (κ1) is 14.5. The van der Waals surface area contributed by atoms with Crippen molar-refractivity contribution < 1.29 is 9.90 Å². The molecular formula is C15H21N3O2. The van der Waals surface area contributed by atoms with Crippen molar-refractivity contribution in [1.82, 2.24) is 9.97 Å². The average molecular weight is 275 g/mol. The highest BCUT2D eigenvalue weighted by atomic mass is 16.4. The standard InChI is InChI=1S/C15H21N3O2/c1-15(2,3)14-17-11-6-4-9(8-12(11)18-14)10(16)5-7-13(19)20/h4,6,8,10H,5,7,16H2,1-3H3,(H,17,18)(H,19,20). The van der Waals surface area contributed by atoms with Crippen molar-refractivity contribution in [2.24, 2.45) is 5.73 Å². The molecular weight excluding hydrogens is 254 g/mol. The largest absolute Gasteiger partial charge is 0.481 e. The lowest BCUT2D eigenvalue weighted by Crippen LogP contribution is -2.13. The molecule has 0 bridgehead atoms. The SMILES string of the molecule is CC(C)(C)c1nc2ccc(C(N)CCC(=O)O)cc2[nH]1. The summed E-state index contributed by atoms with van der Waals surface area (Å²) in [5, 5.41) is 8.70. The summed E-state index contributed by atoms with van der Waals surface area (Å²) >= 11 is 0. The van der Waals surface area contributed by atoms with Crippen molar-refractivity contribution in [3.8, 4) is 0 Å². The van der Waals surface area contributed by atoms with Crippen LogP contribution in [0.1, 0.15) is 51.0 Å². The lowest BCUT2D eigenvalue weighted by Gasteiger charge is -2.13. The molecule has 2 rings (SSSR count). The van der Waals surface area contributed by atoms with Crippen LogP contribution in [0.2, 0.25) is 0 Å². The Bertz CT molecular complexity index is 626. The molecule has 4 N–H and O–H groups in total. The molecule has 0 radical (unpaired) electrons. The van der Waals surface area contributed by atoms with Crippen LogP contribution in [0.5, 0.6) is 0 Å². The number of aromatic nitrogens is 2. The smallest absolute Gasteiger partial charge is 0.303 e. The lowest BCUT2D eigenvalue weighted by molar-refractivity contribution is -0.137. The number of aromatic amines is 1. The van der Waals surface area contributed by atoms with E-state index < -0.39 is 5.97 Å². The Morgan fingerprint density at radius 3 is 2.75 bits per heavy atom. The van der Waals surface area contributed by atoms with Gasteiger partial charge in [-0.1, -0.05) is 26.8 Å². The van der Waals surface area contributed by atoms with Gasteiger partial charge in [-0.25, -0.2) is 4.98 Å². The number of carboxylic acids is 1. The van der Waals surface area contributed by atoms with E-state index in [1.54, 1.807) is 0 Å². The van der Waals surface area contributed by atoms with Crippen LogP contribution in [0, 0.1) is 0 Å². The van der Waals surface area contributed by atoms with Gasteiger partial charge < -0.3 is 15.8 Å². The summed E-state index contributed by atoms with van der Waals surface area (Å²) in [5.41, 5.74) is 8.77. The van der Waals surface area contributed by atoms with E-state index in [0.29, 0.717) is 6.42 Å². The number of carboxylic acid groups (broad SMARTS) is 1. The van der Waals surface area contributed by atoms with E-state index >= 15 is 0 Å². The van der Waals surface area contributed by atoms with Gasteiger partial charge in [-0.2, -0.15) is 0 Å². The number of aliphatic carboxylic acids is 1. The number of benzene rings is 1. The van der Waals surface area contributed by atoms with Gasteiger partial charge in [0.1, 0.15) is 5.82 Å². The Hall–Kier alpha value is -1.88. The quantitative estimate of drug-likeness (QED) is 0.800. The minimum Gasteiger partial charge on any atom is -0.481 e. The minimum absolute atomic E-state index is 0.0371. The summed E-state index contributed by atoms with van der Waals surface area (Å²) in [6.07, 6.45) is 0.510. The minimum atomic E-state index is -0.821. The Labute approximate surface area is 118 Å². The fourth-order valence-electron chi connectivity index (χ4n) is 2.06. The van der Waals surface area contributed by atoms with Crippen molar-refractivity contribution >= 4 is 17.0 Å². The van der Waals surface area contributed by atoms with E-state index in [4.69, 9.17) is 10.8 Å². The second-order valence-electron chi connectivity index (χ2n) is 6.15. The van der Waals surface area contributed by atoms with Crippen LogP contribution in [0.15, 0.2) is 18.2 Å². The molecule has 108 valence electrons. The number of imidazole rings is 1. The molecule has 20 heavy (non-hydrogen) atoms. The fraction of sp³-hybridized carbons (Fsp3) is 0.467. The van der Waals surface area contributed by atoms with E-state index in [0.717, 1.165) is 22.4 Å². The van der Waals surface area contributed by atoms with E-state index in [-0.39, 0.29) is 17.9 Å². The van der Waals surface area contributed by atoms with Crippen LogP contribution in [0.4, 0.5) is 0 Å². The van der Waals surface area contributed by atoms with Gasteiger partial charge in [0.05, 0.1) is 11.0 Å². The van der Waals surface area contributed by atoms with Crippen LogP contribution in [0.3, 0.4) is 0 Å². The number of rotatable bonds is 4. The summed E-state index contributed by atoms with van der Waals surface area (Å²) in [5.74, 6) is 0.113. The number of hydrogen-bond acceptors (Lipinski definition) is 3. The monoisotopic (exact) mass is 275 g/mol. The highest BCUT2D eigenvalue weighted by molar-refractivity contribution is 5.76. The van der Waals surface area contributed by atoms with Crippen LogP contribution in [0.25, 0.3) is 11.0 Å². The number of nitrogens with one attached hydrogen (secondary N) is 1. The second kappa shape index (κ2) is 5.25. The Balaban J connectivity index is 2.27. The maximum absolute atomic E-state index is 10.6. The van der Waals surface area contributed by atoms with Crippen molar-refractivity contribution in [2.75, 3.05) is 0 Å². The van der Waals surface area contributed by atoms with Crippen molar-refractivity contribution in [1.29, 1.82) is 0 Å². The molecule has 1 atom stereocenters. The van der Waals surface area contributed by atoms with Gasteiger partial charge in [0.25, 0.3) is 0 Å². The molecule has 1 aromatic carbocycles. The third kappa shape index (κ3) is 3.17. The molecule has 0 aliphatic heterocycles. The zero-order valence-electron chi connectivity index (χ0n) is 12.1. The molecule has 0 aliphatic carbocycles. The summed E-state index contributed by atoms with van der Waals surface area (Å²) < 4.78 is 0. The summed E-state index contributed by atoms with van der Waals surface area (Å²) in [6, 6.07) is 5.54. The molecule has 2 aromatic rings. The topological polar surface area (TPSA) is 92.0 Å². The molecule has 1 heterocycles. The number of H-pyrrole nitrogens is 1. The molecule has 0 saturated heterocycles. The van der Waals surface area contributed by atoms with E-state index in [9.17, 15) is 4.79 Å². The Kier molecular flexibility index (Phi) is 3.81. The summed E-state index contributed by atoms with van der Waals surface area (Å²) in [7, 11) is 0. The van der Waals surface area contributed by atoms with Gasteiger partial charge >= 0.3 is 5.97 Å². The molecule has 1 unspecified atom stereocenters. The van der Waals surface area contributed by atoms with Crippen molar-refractivity contribution in [3.63, 3.8) is 0 Å². The van der Waals surface area contributed by atoms with Crippen molar-refractivity contribution in [3.05, 3.63) is 29.6 Å². The summed E-state index contributed by atoms with van der Waals surface area (Å²) in [4.78, 5) is 18.5. The lowest BCUT2D eigenvalue weighted by atomic mass is 9.96. The van der Waals surface area contributed by atoms with Gasteiger partial charge in [-0.15, -0.1) is 0 Å². The first-order chi connectivity index (χ1) is 9.27. The number of fused-ring (bicyclic) bond motifs is 1. The van der Waals surface area contributed by atoms with Gasteiger partial charge in [0.15, 0.2) is 0 Å². The van der Waals surface area contributed by atoms with Gasteiger partial charge in [-0.3, -0.25) is 4.79 Å². The van der Waals surface area contributed by atoms with E-state index in [1.807, 2.05) is 18.2 Å². The number of carbonyl (C=O) groups is 1. The van der Waals surface area contributed by atoms with Crippen LogP contribution >= 0.6 is 0 Å². The molecule has 1 aromatic heterocycles. The zero-order chi connectivity index (χ0) is 14.9. The predicted molar refractivity (Wildman–Crippen MR) is 78.6 cm³/mol. The third-order valence-electron chi connectivity index (χ3n) is 3.31. The number of nitrogens with zero attached hydrogens (tertiary/aromatic N) is 1. The molecule has 0 fully saturated rings.